The van der Waals surface area contributed by atoms with E-state index in [4.69, 9.17) is 9.47 Å². The van der Waals surface area contributed by atoms with Crippen molar-refractivity contribution in [2.24, 2.45) is 5.92 Å². The summed E-state index contributed by atoms with van der Waals surface area (Å²) in [7, 11) is 0. The Bertz CT molecular complexity index is 821. The summed E-state index contributed by atoms with van der Waals surface area (Å²) in [6, 6.07) is 15.9. The second kappa shape index (κ2) is 8.13. The topological polar surface area (TPSA) is 50.8 Å². The van der Waals surface area contributed by atoms with Crippen molar-refractivity contribution in [1.82, 2.24) is 5.32 Å². The summed E-state index contributed by atoms with van der Waals surface area (Å²) in [5, 5.41) is 3.05. The number of nitrogens with one attached hydrogen (secondary N) is 1. The van der Waals surface area contributed by atoms with Gasteiger partial charge in [0.2, 0.25) is 6.10 Å². The van der Waals surface area contributed by atoms with E-state index in [-0.39, 0.29) is 18.6 Å². The quantitative estimate of drug-likeness (QED) is 0.873. The third-order valence-corrected chi connectivity index (χ3v) is 5.58. The Balaban J connectivity index is 1.36. The molecule has 0 spiro atoms. The molecule has 0 radical (unpaired) electrons. The van der Waals surface area contributed by atoms with Crippen LogP contribution in [0.2, 0.25) is 0 Å². The molecule has 2 aliphatic rings. The fourth-order valence-corrected chi connectivity index (χ4v) is 3.94. The lowest BCUT2D eigenvalue weighted by molar-refractivity contribution is -0.131. The summed E-state index contributed by atoms with van der Waals surface area (Å²) < 4.78 is 11.4. The Morgan fingerprint density at radius 2 is 1.89 bits per heavy atom. The molecule has 2 aromatic carbocycles. The normalized spacial score (nSPS) is 22.4. The smallest absolute Gasteiger partial charge is 0.265 e. The van der Waals surface area contributed by atoms with Crippen LogP contribution in [-0.2, 0) is 4.79 Å². The molecule has 2 aliphatic heterocycles. The lowest BCUT2D eigenvalue weighted by atomic mass is 9.99. The van der Waals surface area contributed by atoms with Gasteiger partial charge in [-0.15, -0.1) is 0 Å². The number of piperidine rings is 1. The maximum atomic E-state index is 12.6. The van der Waals surface area contributed by atoms with Crippen LogP contribution in [0.5, 0.6) is 11.5 Å². The van der Waals surface area contributed by atoms with Crippen LogP contribution in [-0.4, -0.2) is 31.7 Å². The molecule has 0 unspecified atom stereocenters. The number of hydrogen-bond donors (Lipinski definition) is 1. The fourth-order valence-electron chi connectivity index (χ4n) is 3.94. The molecule has 0 aliphatic carbocycles. The Labute approximate surface area is 166 Å². The van der Waals surface area contributed by atoms with Crippen LogP contribution >= 0.6 is 0 Å². The number of anilines is 1. The van der Waals surface area contributed by atoms with Gasteiger partial charge in [-0.25, -0.2) is 0 Å². The van der Waals surface area contributed by atoms with Crippen molar-refractivity contribution in [3.63, 3.8) is 0 Å². The highest BCUT2D eigenvalue weighted by molar-refractivity contribution is 5.82. The zero-order valence-corrected chi connectivity index (χ0v) is 16.6. The Morgan fingerprint density at radius 3 is 2.64 bits per heavy atom. The molecule has 0 bridgehead atoms. The monoisotopic (exact) mass is 380 g/mol. The zero-order chi connectivity index (χ0) is 19.5. The van der Waals surface area contributed by atoms with Crippen LogP contribution in [0.15, 0.2) is 48.5 Å². The van der Waals surface area contributed by atoms with Gasteiger partial charge in [-0.2, -0.15) is 0 Å². The first-order valence-corrected chi connectivity index (χ1v) is 10.1. The summed E-state index contributed by atoms with van der Waals surface area (Å²) in [6.07, 6.45) is 1.93. The van der Waals surface area contributed by atoms with Crippen LogP contribution < -0.4 is 19.7 Å². The molecule has 0 saturated carbocycles. The zero-order valence-electron chi connectivity index (χ0n) is 16.6. The maximum absolute atomic E-state index is 12.6. The third kappa shape index (κ3) is 4.08. The van der Waals surface area contributed by atoms with Gasteiger partial charge < -0.3 is 19.7 Å². The van der Waals surface area contributed by atoms with Gasteiger partial charge in [0, 0.05) is 18.8 Å². The third-order valence-electron chi connectivity index (χ3n) is 5.58. The van der Waals surface area contributed by atoms with Crippen LogP contribution in [0.25, 0.3) is 0 Å². The molecule has 1 saturated heterocycles. The van der Waals surface area contributed by atoms with E-state index in [2.05, 4.69) is 41.4 Å². The molecular formula is C23H28N2O3. The van der Waals surface area contributed by atoms with E-state index in [9.17, 15) is 4.79 Å². The lowest BCUT2D eigenvalue weighted by Crippen LogP contribution is -2.44. The molecule has 5 nitrogen and oxygen atoms in total. The first-order chi connectivity index (χ1) is 13.6. The van der Waals surface area contributed by atoms with E-state index < -0.39 is 6.10 Å². The number of amides is 1. The second-order valence-corrected chi connectivity index (χ2v) is 7.88. The van der Waals surface area contributed by atoms with Gasteiger partial charge in [-0.1, -0.05) is 31.2 Å². The molecule has 0 aromatic heterocycles. The number of carbonyl (C=O) groups excluding carboxylic acids is 1. The SMILES string of the molecule is C[C@@H]1CCCN(c2ccc([C@H](C)NC(=O)[C@@H]3COc4ccccc4O3)cc2)C1. The summed E-state index contributed by atoms with van der Waals surface area (Å²) in [4.78, 5) is 15.1. The van der Waals surface area contributed by atoms with E-state index >= 15 is 0 Å². The van der Waals surface area contributed by atoms with Crippen molar-refractivity contribution in [3.05, 3.63) is 54.1 Å². The Kier molecular flexibility index (Phi) is 5.42. The Morgan fingerprint density at radius 1 is 1.14 bits per heavy atom. The summed E-state index contributed by atoms with van der Waals surface area (Å²) in [6.45, 7) is 6.77. The van der Waals surface area contributed by atoms with Gasteiger partial charge in [0.05, 0.1) is 6.04 Å². The Hall–Kier alpha value is -2.69. The molecular weight excluding hydrogens is 352 g/mol. The summed E-state index contributed by atoms with van der Waals surface area (Å²) >= 11 is 0. The number of nitrogens with zero attached hydrogens (tertiary/aromatic N) is 1. The van der Waals surface area contributed by atoms with Crippen molar-refractivity contribution in [2.45, 2.75) is 38.8 Å². The molecule has 2 heterocycles. The predicted molar refractivity (Wildman–Crippen MR) is 110 cm³/mol. The van der Waals surface area contributed by atoms with Crippen molar-refractivity contribution >= 4 is 11.6 Å². The molecule has 3 atom stereocenters. The van der Waals surface area contributed by atoms with Gasteiger partial charge in [0.1, 0.15) is 6.61 Å². The van der Waals surface area contributed by atoms with Crippen molar-refractivity contribution < 1.29 is 14.3 Å². The molecule has 28 heavy (non-hydrogen) atoms. The summed E-state index contributed by atoms with van der Waals surface area (Å²) in [5.41, 5.74) is 2.34. The van der Waals surface area contributed by atoms with Gasteiger partial charge in [0.25, 0.3) is 5.91 Å². The first kappa shape index (κ1) is 18.7. The molecule has 1 N–H and O–H groups in total. The van der Waals surface area contributed by atoms with Gasteiger partial charge in [-0.3, -0.25) is 4.79 Å². The number of rotatable bonds is 4. The van der Waals surface area contributed by atoms with Crippen LogP contribution in [0.4, 0.5) is 5.69 Å². The largest absolute Gasteiger partial charge is 0.485 e. The standard InChI is InChI=1S/C23H28N2O3/c1-16-6-5-13-25(14-16)19-11-9-18(10-12-19)17(2)24-23(26)22-15-27-20-7-3-4-8-21(20)28-22/h3-4,7-12,16-17,22H,5-6,13-15H2,1-2H3,(H,24,26)/t16-,17+,22+/m1/s1. The van der Waals surface area contributed by atoms with E-state index in [0.29, 0.717) is 11.5 Å². The number of para-hydroxylation sites is 2. The van der Waals surface area contributed by atoms with Crippen molar-refractivity contribution in [3.8, 4) is 11.5 Å². The van der Waals surface area contributed by atoms with Crippen LogP contribution in [0, 0.1) is 5.92 Å². The molecule has 148 valence electrons. The van der Waals surface area contributed by atoms with Crippen molar-refractivity contribution in [1.29, 1.82) is 0 Å². The van der Waals surface area contributed by atoms with Crippen molar-refractivity contribution in [2.75, 3.05) is 24.6 Å². The minimum Gasteiger partial charge on any atom is -0.485 e. The predicted octanol–water partition coefficient (Wildman–Crippen LogP) is 3.94. The number of carbonyl (C=O) groups is 1. The molecule has 1 amide bonds. The van der Waals surface area contributed by atoms with Gasteiger partial charge in [0.15, 0.2) is 11.5 Å². The average molecular weight is 380 g/mol. The lowest BCUT2D eigenvalue weighted by Gasteiger charge is -2.33. The second-order valence-electron chi connectivity index (χ2n) is 7.88. The van der Waals surface area contributed by atoms with Crippen LogP contribution in [0.3, 0.4) is 0 Å². The van der Waals surface area contributed by atoms with Gasteiger partial charge >= 0.3 is 0 Å². The summed E-state index contributed by atoms with van der Waals surface area (Å²) in [5.74, 6) is 1.88. The van der Waals surface area contributed by atoms with E-state index in [0.717, 1.165) is 24.6 Å². The molecule has 1 fully saturated rings. The average Bonchev–Trinajstić information content (AvgIpc) is 2.73. The number of hydrogen-bond acceptors (Lipinski definition) is 4. The highest BCUT2D eigenvalue weighted by Crippen LogP contribution is 2.31. The highest BCUT2D eigenvalue weighted by Gasteiger charge is 2.28. The number of benzene rings is 2. The van der Waals surface area contributed by atoms with E-state index in [1.165, 1.54) is 18.5 Å². The van der Waals surface area contributed by atoms with E-state index in [1.807, 2.05) is 31.2 Å². The molecule has 5 heteroatoms. The highest BCUT2D eigenvalue weighted by atomic mass is 16.6. The number of fused-ring (bicyclic) bond motifs is 1. The van der Waals surface area contributed by atoms with Gasteiger partial charge in [-0.05, 0) is 55.5 Å². The van der Waals surface area contributed by atoms with Crippen LogP contribution in [0.1, 0.15) is 38.3 Å². The maximum Gasteiger partial charge on any atom is 0.265 e. The number of ether oxygens (including phenoxy) is 2. The molecule has 4 rings (SSSR count). The minimum atomic E-state index is -0.633. The fraction of sp³-hybridized carbons (Fsp3) is 0.435. The minimum absolute atomic E-state index is 0.0948. The first-order valence-electron chi connectivity index (χ1n) is 10.1. The van der Waals surface area contributed by atoms with E-state index in [1.54, 1.807) is 0 Å². The molecule has 2 aromatic rings.